The zero-order chi connectivity index (χ0) is 27.5. The number of amides is 1. The largest absolute Gasteiger partial charge is 0.486 e. The summed E-state index contributed by atoms with van der Waals surface area (Å²) < 4.78 is 44.9. The van der Waals surface area contributed by atoms with Crippen molar-refractivity contribution >= 4 is 11.9 Å². The van der Waals surface area contributed by atoms with Crippen molar-refractivity contribution in [2.45, 2.75) is 57.7 Å². The van der Waals surface area contributed by atoms with E-state index in [9.17, 15) is 22.8 Å². The first-order valence-corrected chi connectivity index (χ1v) is 12.7. The van der Waals surface area contributed by atoms with E-state index in [0.29, 0.717) is 16.9 Å². The molecule has 0 saturated heterocycles. The fraction of sp³-hybridized carbons (Fsp3) is 0.333. The summed E-state index contributed by atoms with van der Waals surface area (Å²) in [4.78, 5) is 22.8. The molecule has 0 spiro atoms. The number of halogens is 3. The minimum absolute atomic E-state index is 0.0503. The van der Waals surface area contributed by atoms with Crippen molar-refractivity contribution in [2.24, 2.45) is 0 Å². The summed E-state index contributed by atoms with van der Waals surface area (Å²) in [5.41, 5.74) is 2.19. The number of ether oxygens (including phenoxy) is 1. The summed E-state index contributed by atoms with van der Waals surface area (Å²) in [5, 5.41) is 11.3. The van der Waals surface area contributed by atoms with Crippen LogP contribution in [0.15, 0.2) is 72.8 Å². The zero-order valence-corrected chi connectivity index (χ0v) is 21.3. The van der Waals surface area contributed by atoms with Crippen LogP contribution in [-0.4, -0.2) is 23.5 Å². The molecule has 0 aliphatic carbocycles. The van der Waals surface area contributed by atoms with E-state index in [1.807, 2.05) is 24.3 Å². The lowest BCUT2D eigenvalue weighted by Gasteiger charge is -2.20. The topological polar surface area (TPSA) is 75.6 Å². The number of benzene rings is 3. The van der Waals surface area contributed by atoms with Crippen LogP contribution in [0.5, 0.6) is 5.75 Å². The molecule has 1 amide bonds. The average Bonchev–Trinajstić information content (AvgIpc) is 2.90. The van der Waals surface area contributed by atoms with Gasteiger partial charge in [0.2, 0.25) is 0 Å². The summed E-state index contributed by atoms with van der Waals surface area (Å²) in [6.07, 6.45) is 0.339. The maximum absolute atomic E-state index is 12.9. The van der Waals surface area contributed by atoms with Gasteiger partial charge in [0, 0.05) is 12.1 Å². The predicted molar refractivity (Wildman–Crippen MR) is 140 cm³/mol. The molecule has 0 heterocycles. The Morgan fingerprint density at radius 1 is 0.868 bits per heavy atom. The molecule has 38 heavy (non-hydrogen) atoms. The van der Waals surface area contributed by atoms with Crippen molar-refractivity contribution in [3.05, 3.63) is 89.5 Å². The number of carbonyl (C=O) groups excluding carboxylic acids is 1. The molecule has 0 aromatic heterocycles. The van der Waals surface area contributed by atoms with Gasteiger partial charge in [-0.1, -0.05) is 62.6 Å². The number of rotatable bonds is 13. The van der Waals surface area contributed by atoms with Gasteiger partial charge in [-0.15, -0.1) is 0 Å². The number of nitrogens with one attached hydrogen (secondary N) is 1. The monoisotopic (exact) mass is 527 g/mol. The minimum Gasteiger partial charge on any atom is -0.486 e. The molecule has 5 nitrogen and oxygen atoms in total. The molecule has 0 saturated carbocycles. The third-order valence-corrected chi connectivity index (χ3v) is 6.17. The van der Waals surface area contributed by atoms with Crippen LogP contribution in [0, 0.1) is 0 Å². The van der Waals surface area contributed by atoms with Gasteiger partial charge in [0.25, 0.3) is 5.91 Å². The normalized spacial score (nSPS) is 12.1. The Balaban J connectivity index is 1.71. The molecule has 0 aliphatic rings. The minimum atomic E-state index is -4.37. The molecule has 3 rings (SSSR count). The van der Waals surface area contributed by atoms with Crippen molar-refractivity contribution in [1.82, 2.24) is 5.32 Å². The van der Waals surface area contributed by atoms with Crippen LogP contribution < -0.4 is 10.1 Å². The van der Waals surface area contributed by atoms with Gasteiger partial charge < -0.3 is 15.2 Å². The third-order valence-electron chi connectivity index (χ3n) is 6.17. The lowest BCUT2D eigenvalue weighted by atomic mass is 9.98. The second-order valence-corrected chi connectivity index (χ2v) is 9.08. The molecule has 202 valence electrons. The van der Waals surface area contributed by atoms with Gasteiger partial charge in [0.05, 0.1) is 12.0 Å². The summed E-state index contributed by atoms with van der Waals surface area (Å²) in [5.74, 6) is -0.737. The fourth-order valence-corrected chi connectivity index (χ4v) is 4.03. The van der Waals surface area contributed by atoms with Gasteiger partial charge in [-0.05, 0) is 65.9 Å². The Bertz CT molecular complexity index is 1170. The Morgan fingerprint density at radius 3 is 2.03 bits per heavy atom. The first kappa shape index (κ1) is 28.8. The highest BCUT2D eigenvalue weighted by molar-refractivity contribution is 5.94. The van der Waals surface area contributed by atoms with Crippen LogP contribution in [0.4, 0.5) is 13.2 Å². The number of aliphatic carboxylic acids is 1. The summed E-state index contributed by atoms with van der Waals surface area (Å²) in [6, 6.07) is 19.4. The van der Waals surface area contributed by atoms with Crippen molar-refractivity contribution in [1.29, 1.82) is 0 Å². The van der Waals surface area contributed by atoms with E-state index >= 15 is 0 Å². The van der Waals surface area contributed by atoms with Crippen LogP contribution in [0.2, 0.25) is 0 Å². The number of carbonyl (C=O) groups is 2. The first-order chi connectivity index (χ1) is 18.2. The average molecular weight is 528 g/mol. The Hall–Kier alpha value is -3.81. The van der Waals surface area contributed by atoms with Crippen LogP contribution in [-0.2, 0) is 11.0 Å². The molecule has 2 N–H and O–H groups in total. The van der Waals surface area contributed by atoms with E-state index in [2.05, 4.69) is 12.2 Å². The molecule has 1 unspecified atom stereocenters. The molecule has 1 atom stereocenters. The molecular weight excluding hydrogens is 495 g/mol. The molecule has 0 radical (unpaired) electrons. The standard InChI is InChI=1S/C30H32F3NO4/c1-2-3-4-5-6-27(38-26-17-13-24(14-18-26)29(37)34-20-19-28(35)36)23-9-7-21(8-10-23)22-11-15-25(16-12-22)30(31,32)33/h7-18,27H,2-6,19-20H2,1H3,(H,34,37)(H,35,36). The van der Waals surface area contributed by atoms with Crippen molar-refractivity contribution in [3.63, 3.8) is 0 Å². The smallest absolute Gasteiger partial charge is 0.416 e. The van der Waals surface area contributed by atoms with E-state index in [1.54, 1.807) is 24.3 Å². The SMILES string of the molecule is CCCCCCC(Oc1ccc(C(=O)NCCC(=O)O)cc1)c1ccc(-c2ccc(C(F)(F)F)cc2)cc1. The van der Waals surface area contributed by atoms with Gasteiger partial charge in [-0.2, -0.15) is 13.2 Å². The predicted octanol–water partition coefficient (Wildman–Crippen LogP) is 7.67. The van der Waals surface area contributed by atoms with Gasteiger partial charge in [-0.3, -0.25) is 9.59 Å². The van der Waals surface area contributed by atoms with Crippen molar-refractivity contribution in [3.8, 4) is 16.9 Å². The van der Waals surface area contributed by atoms with Gasteiger partial charge in [0.15, 0.2) is 0 Å². The fourth-order valence-electron chi connectivity index (χ4n) is 4.03. The van der Waals surface area contributed by atoms with Crippen LogP contribution in [0.1, 0.15) is 73.0 Å². The lowest BCUT2D eigenvalue weighted by molar-refractivity contribution is -0.138. The van der Waals surface area contributed by atoms with Crippen LogP contribution in [0.25, 0.3) is 11.1 Å². The summed E-state index contributed by atoms with van der Waals surface area (Å²) in [6.45, 7) is 2.20. The zero-order valence-electron chi connectivity index (χ0n) is 21.3. The van der Waals surface area contributed by atoms with Gasteiger partial charge in [-0.25, -0.2) is 0 Å². The summed E-state index contributed by atoms with van der Waals surface area (Å²) >= 11 is 0. The highest BCUT2D eigenvalue weighted by atomic mass is 19.4. The number of unbranched alkanes of at least 4 members (excludes halogenated alkanes) is 3. The second kappa shape index (κ2) is 13.7. The van der Waals surface area contributed by atoms with Gasteiger partial charge >= 0.3 is 12.1 Å². The highest BCUT2D eigenvalue weighted by Crippen LogP contribution is 2.32. The Morgan fingerprint density at radius 2 is 1.47 bits per heavy atom. The van der Waals surface area contributed by atoms with Crippen LogP contribution in [0.3, 0.4) is 0 Å². The second-order valence-electron chi connectivity index (χ2n) is 9.08. The number of carboxylic acids is 1. The lowest BCUT2D eigenvalue weighted by Crippen LogP contribution is -2.25. The number of carboxylic acid groups (broad SMARTS) is 1. The molecule has 0 fully saturated rings. The number of alkyl halides is 3. The van der Waals surface area contributed by atoms with E-state index in [1.165, 1.54) is 12.1 Å². The van der Waals surface area contributed by atoms with E-state index in [4.69, 9.17) is 9.84 Å². The van der Waals surface area contributed by atoms with E-state index < -0.39 is 17.7 Å². The molecule has 3 aromatic rings. The van der Waals surface area contributed by atoms with Crippen molar-refractivity contribution in [2.75, 3.05) is 6.54 Å². The van der Waals surface area contributed by atoms with E-state index in [-0.39, 0.29) is 25.0 Å². The quantitative estimate of drug-likeness (QED) is 0.224. The highest BCUT2D eigenvalue weighted by Gasteiger charge is 2.30. The number of hydrogen-bond acceptors (Lipinski definition) is 3. The van der Waals surface area contributed by atoms with E-state index in [0.717, 1.165) is 55.4 Å². The Labute approximate surface area is 220 Å². The molecule has 8 heteroatoms. The first-order valence-electron chi connectivity index (χ1n) is 12.7. The van der Waals surface area contributed by atoms with Gasteiger partial charge in [0.1, 0.15) is 11.9 Å². The maximum atomic E-state index is 12.9. The third kappa shape index (κ3) is 8.64. The van der Waals surface area contributed by atoms with Crippen LogP contribution >= 0.6 is 0 Å². The molecule has 0 aliphatic heterocycles. The summed E-state index contributed by atoms with van der Waals surface area (Å²) in [7, 11) is 0. The number of hydrogen-bond donors (Lipinski definition) is 2. The maximum Gasteiger partial charge on any atom is 0.416 e. The Kier molecular flexibility index (Phi) is 10.3. The molecule has 3 aromatic carbocycles. The molecular formula is C30H32F3NO4. The van der Waals surface area contributed by atoms with Crippen molar-refractivity contribution < 1.29 is 32.6 Å². The molecule has 0 bridgehead atoms.